The average molecular weight is 255 g/mol. The van der Waals surface area contributed by atoms with Gasteiger partial charge in [-0.2, -0.15) is 0 Å². The molecule has 2 amide bonds. The molecule has 0 radical (unpaired) electrons. The van der Waals surface area contributed by atoms with E-state index in [1.165, 1.54) is 0 Å². The molecule has 1 aliphatic carbocycles. The van der Waals surface area contributed by atoms with Crippen molar-refractivity contribution >= 4 is 11.8 Å². The minimum Gasteiger partial charge on any atom is -0.344 e. The molecule has 18 heavy (non-hydrogen) atoms. The first-order valence-electron chi connectivity index (χ1n) is 6.86. The molecule has 3 atom stereocenters. The zero-order chi connectivity index (χ0) is 13.7. The fourth-order valence-electron chi connectivity index (χ4n) is 2.51. The highest BCUT2D eigenvalue weighted by molar-refractivity contribution is 5.88. The molecular weight excluding hydrogens is 230 g/mol. The first-order chi connectivity index (χ1) is 8.51. The third-order valence-corrected chi connectivity index (χ3v) is 3.71. The lowest BCUT2D eigenvalue weighted by Gasteiger charge is -2.25. The van der Waals surface area contributed by atoms with E-state index in [9.17, 15) is 9.59 Å². The molecule has 0 aromatic carbocycles. The zero-order valence-corrected chi connectivity index (χ0v) is 11.6. The van der Waals surface area contributed by atoms with Crippen molar-refractivity contribution in [2.75, 3.05) is 13.1 Å². The molecule has 5 heteroatoms. The molecule has 0 saturated heterocycles. The normalized spacial score (nSPS) is 24.7. The van der Waals surface area contributed by atoms with E-state index in [0.717, 1.165) is 19.3 Å². The van der Waals surface area contributed by atoms with E-state index in [2.05, 4.69) is 5.32 Å². The van der Waals surface area contributed by atoms with Gasteiger partial charge in [0.1, 0.15) is 6.04 Å². The molecule has 1 aliphatic rings. The maximum atomic E-state index is 12.0. The predicted molar refractivity (Wildman–Crippen MR) is 70.8 cm³/mol. The number of hydrogen-bond acceptors (Lipinski definition) is 3. The van der Waals surface area contributed by atoms with Gasteiger partial charge in [0.05, 0.1) is 5.92 Å². The molecular formula is C13H25N3O2. The number of carbonyl (C=O) groups excluding carboxylic acids is 2. The van der Waals surface area contributed by atoms with Crippen LogP contribution in [0.1, 0.15) is 40.0 Å². The van der Waals surface area contributed by atoms with Gasteiger partial charge in [-0.25, -0.2) is 0 Å². The van der Waals surface area contributed by atoms with Crippen LogP contribution in [0.5, 0.6) is 0 Å². The number of nitrogens with two attached hydrogens (primary N) is 1. The summed E-state index contributed by atoms with van der Waals surface area (Å²) in [4.78, 5) is 25.7. The second kappa shape index (κ2) is 6.73. The molecule has 0 spiro atoms. The molecule has 1 fully saturated rings. The lowest BCUT2D eigenvalue weighted by Crippen LogP contribution is -2.50. The highest BCUT2D eigenvalue weighted by Gasteiger charge is 2.32. The number of likely N-dealkylation sites (N-methyl/N-ethyl adjacent to an activating group) is 1. The molecule has 104 valence electrons. The Hall–Kier alpha value is -1.10. The SMILES string of the molecule is CCN(CC)C(=O)C(C)NC(=O)C1CCCC1N. The smallest absolute Gasteiger partial charge is 0.244 e. The van der Waals surface area contributed by atoms with Crippen LogP contribution in [0, 0.1) is 5.92 Å². The van der Waals surface area contributed by atoms with Gasteiger partial charge in [-0.05, 0) is 33.6 Å². The van der Waals surface area contributed by atoms with Crippen LogP contribution in [0.2, 0.25) is 0 Å². The Bertz CT molecular complexity index is 303. The number of rotatable bonds is 5. The van der Waals surface area contributed by atoms with Gasteiger partial charge >= 0.3 is 0 Å². The number of hydrogen-bond donors (Lipinski definition) is 2. The molecule has 0 bridgehead atoms. The van der Waals surface area contributed by atoms with Gasteiger partial charge in [0, 0.05) is 19.1 Å². The lowest BCUT2D eigenvalue weighted by atomic mass is 10.0. The predicted octanol–water partition coefficient (Wildman–Crippen LogP) is 0.487. The number of carbonyl (C=O) groups is 2. The van der Waals surface area contributed by atoms with Crippen molar-refractivity contribution in [3.05, 3.63) is 0 Å². The number of amides is 2. The van der Waals surface area contributed by atoms with Crippen LogP contribution in [0.4, 0.5) is 0 Å². The summed E-state index contributed by atoms with van der Waals surface area (Å²) in [5.74, 6) is -0.232. The van der Waals surface area contributed by atoms with Crippen molar-refractivity contribution in [1.29, 1.82) is 0 Å². The van der Waals surface area contributed by atoms with Gasteiger partial charge in [-0.3, -0.25) is 9.59 Å². The molecule has 1 rings (SSSR count). The highest BCUT2D eigenvalue weighted by atomic mass is 16.2. The molecule has 3 N–H and O–H groups in total. The van der Waals surface area contributed by atoms with Crippen molar-refractivity contribution in [3.8, 4) is 0 Å². The summed E-state index contributed by atoms with van der Waals surface area (Å²) in [5.41, 5.74) is 5.89. The minimum absolute atomic E-state index is 0.0279. The Labute approximate surface area is 109 Å². The summed E-state index contributed by atoms with van der Waals surface area (Å²) < 4.78 is 0. The maximum absolute atomic E-state index is 12.0. The molecule has 5 nitrogen and oxygen atoms in total. The highest BCUT2D eigenvalue weighted by Crippen LogP contribution is 2.24. The largest absolute Gasteiger partial charge is 0.344 e. The summed E-state index contributed by atoms with van der Waals surface area (Å²) in [6.07, 6.45) is 2.73. The van der Waals surface area contributed by atoms with E-state index in [1.54, 1.807) is 11.8 Å². The first kappa shape index (κ1) is 15.0. The van der Waals surface area contributed by atoms with E-state index < -0.39 is 6.04 Å². The van der Waals surface area contributed by atoms with Gasteiger partial charge < -0.3 is 16.0 Å². The van der Waals surface area contributed by atoms with Crippen LogP contribution < -0.4 is 11.1 Å². The number of nitrogens with zero attached hydrogens (tertiary/aromatic N) is 1. The van der Waals surface area contributed by atoms with Crippen molar-refractivity contribution in [3.63, 3.8) is 0 Å². The molecule has 0 aromatic heterocycles. The zero-order valence-electron chi connectivity index (χ0n) is 11.6. The molecule has 1 saturated carbocycles. The molecule has 3 unspecified atom stereocenters. The molecule has 0 heterocycles. The quantitative estimate of drug-likeness (QED) is 0.750. The summed E-state index contributed by atoms with van der Waals surface area (Å²) in [7, 11) is 0. The average Bonchev–Trinajstić information content (AvgIpc) is 2.76. The van der Waals surface area contributed by atoms with Crippen molar-refractivity contribution in [2.45, 2.75) is 52.1 Å². The van der Waals surface area contributed by atoms with Crippen LogP contribution in [0.3, 0.4) is 0 Å². The van der Waals surface area contributed by atoms with Crippen LogP contribution in [-0.4, -0.2) is 41.9 Å². The maximum Gasteiger partial charge on any atom is 0.244 e. The third kappa shape index (κ3) is 3.45. The molecule has 0 aliphatic heterocycles. The van der Waals surface area contributed by atoms with Gasteiger partial charge in [0.15, 0.2) is 0 Å². The Balaban J connectivity index is 2.51. The summed E-state index contributed by atoms with van der Waals surface area (Å²) in [5, 5.41) is 2.79. The summed E-state index contributed by atoms with van der Waals surface area (Å²) in [6.45, 7) is 6.93. The van der Waals surface area contributed by atoms with Crippen LogP contribution in [-0.2, 0) is 9.59 Å². The van der Waals surface area contributed by atoms with E-state index >= 15 is 0 Å². The van der Waals surface area contributed by atoms with Crippen LogP contribution in [0.25, 0.3) is 0 Å². The number of nitrogens with one attached hydrogen (secondary N) is 1. The van der Waals surface area contributed by atoms with Gasteiger partial charge in [0.2, 0.25) is 11.8 Å². The van der Waals surface area contributed by atoms with Crippen LogP contribution >= 0.6 is 0 Å². The van der Waals surface area contributed by atoms with Gasteiger partial charge in [-0.15, -0.1) is 0 Å². The van der Waals surface area contributed by atoms with Gasteiger partial charge in [0.25, 0.3) is 0 Å². The first-order valence-corrected chi connectivity index (χ1v) is 6.86. The lowest BCUT2D eigenvalue weighted by molar-refractivity contribution is -0.136. The summed E-state index contributed by atoms with van der Waals surface area (Å²) in [6, 6.07) is -0.522. The van der Waals surface area contributed by atoms with Crippen LogP contribution in [0.15, 0.2) is 0 Å². The fraction of sp³-hybridized carbons (Fsp3) is 0.846. The van der Waals surface area contributed by atoms with E-state index in [0.29, 0.717) is 13.1 Å². The Morgan fingerprint density at radius 2 is 1.94 bits per heavy atom. The standard InChI is InChI=1S/C13H25N3O2/c1-4-16(5-2)13(18)9(3)15-12(17)10-7-6-8-11(10)14/h9-11H,4-8,14H2,1-3H3,(H,15,17). The van der Waals surface area contributed by atoms with Crippen molar-refractivity contribution in [1.82, 2.24) is 10.2 Å². The van der Waals surface area contributed by atoms with Crippen molar-refractivity contribution < 1.29 is 9.59 Å². The van der Waals surface area contributed by atoms with E-state index in [4.69, 9.17) is 5.73 Å². The van der Waals surface area contributed by atoms with Gasteiger partial charge in [-0.1, -0.05) is 6.42 Å². The third-order valence-electron chi connectivity index (χ3n) is 3.71. The fourth-order valence-corrected chi connectivity index (χ4v) is 2.51. The van der Waals surface area contributed by atoms with Crippen molar-refractivity contribution in [2.24, 2.45) is 11.7 Å². The monoisotopic (exact) mass is 255 g/mol. The van der Waals surface area contributed by atoms with E-state index in [-0.39, 0.29) is 23.8 Å². The minimum atomic E-state index is -0.467. The second-order valence-electron chi connectivity index (χ2n) is 4.94. The Morgan fingerprint density at radius 1 is 1.33 bits per heavy atom. The molecule has 0 aromatic rings. The second-order valence-corrected chi connectivity index (χ2v) is 4.94. The van der Waals surface area contributed by atoms with E-state index in [1.807, 2.05) is 13.8 Å². The topological polar surface area (TPSA) is 75.4 Å². The Morgan fingerprint density at radius 3 is 2.39 bits per heavy atom. The summed E-state index contributed by atoms with van der Waals surface area (Å²) >= 11 is 0. The Kier molecular flexibility index (Phi) is 5.59.